The molecule has 3 atom stereocenters. The molecule has 0 radical (unpaired) electrons. The van der Waals surface area contributed by atoms with Crippen LogP contribution < -0.4 is 5.32 Å². The van der Waals surface area contributed by atoms with Gasteiger partial charge in [0.2, 0.25) is 0 Å². The van der Waals surface area contributed by atoms with Crippen molar-refractivity contribution < 1.29 is 19.8 Å². The maximum Gasteiger partial charge on any atom is 0.321 e. The lowest BCUT2D eigenvalue weighted by atomic mass is 9.81. The molecule has 1 heterocycles. The van der Waals surface area contributed by atoms with Gasteiger partial charge in [0.25, 0.3) is 0 Å². The molecular formula is C13H15NO4. The van der Waals surface area contributed by atoms with Crippen molar-refractivity contribution >= 4 is 11.9 Å². The number of piperidine rings is 1. The van der Waals surface area contributed by atoms with Gasteiger partial charge in [0, 0.05) is 6.54 Å². The van der Waals surface area contributed by atoms with Gasteiger partial charge in [0.15, 0.2) is 0 Å². The monoisotopic (exact) mass is 249 g/mol. The predicted molar refractivity (Wildman–Crippen MR) is 64.4 cm³/mol. The fourth-order valence-corrected chi connectivity index (χ4v) is 2.42. The molecule has 0 aliphatic carbocycles. The van der Waals surface area contributed by atoms with E-state index in [9.17, 15) is 9.59 Å². The minimum atomic E-state index is -1.10. The summed E-state index contributed by atoms with van der Waals surface area (Å²) < 4.78 is 0. The van der Waals surface area contributed by atoms with Crippen molar-refractivity contribution in [3.63, 3.8) is 0 Å². The van der Waals surface area contributed by atoms with Crippen LogP contribution >= 0.6 is 0 Å². The highest BCUT2D eigenvalue weighted by Gasteiger charge is 2.39. The Labute approximate surface area is 104 Å². The van der Waals surface area contributed by atoms with Crippen LogP contribution in [0.1, 0.15) is 17.9 Å². The molecule has 0 saturated carbocycles. The molecule has 0 bridgehead atoms. The smallest absolute Gasteiger partial charge is 0.321 e. The van der Waals surface area contributed by atoms with E-state index >= 15 is 0 Å². The van der Waals surface area contributed by atoms with Crippen LogP contribution in [0.4, 0.5) is 0 Å². The molecular weight excluding hydrogens is 234 g/mol. The largest absolute Gasteiger partial charge is 0.481 e. The van der Waals surface area contributed by atoms with Crippen LogP contribution in [0.15, 0.2) is 30.3 Å². The molecule has 3 N–H and O–H groups in total. The molecule has 1 aliphatic rings. The number of carboxylic acid groups (broad SMARTS) is 2. The highest BCUT2D eigenvalue weighted by molar-refractivity contribution is 5.83. The van der Waals surface area contributed by atoms with Crippen LogP contribution in [0.2, 0.25) is 0 Å². The van der Waals surface area contributed by atoms with Crippen molar-refractivity contribution in [2.45, 2.75) is 18.4 Å². The third-order valence-electron chi connectivity index (χ3n) is 3.38. The second-order valence-corrected chi connectivity index (χ2v) is 4.51. The van der Waals surface area contributed by atoms with Crippen molar-refractivity contribution in [2.24, 2.45) is 5.92 Å². The topological polar surface area (TPSA) is 86.6 Å². The zero-order valence-electron chi connectivity index (χ0n) is 9.74. The summed E-state index contributed by atoms with van der Waals surface area (Å²) in [4.78, 5) is 22.1. The van der Waals surface area contributed by atoms with Crippen LogP contribution in [-0.4, -0.2) is 34.7 Å². The van der Waals surface area contributed by atoms with Gasteiger partial charge >= 0.3 is 11.9 Å². The first-order valence-electron chi connectivity index (χ1n) is 5.83. The van der Waals surface area contributed by atoms with Crippen molar-refractivity contribution in [3.8, 4) is 0 Å². The number of hydrogen-bond acceptors (Lipinski definition) is 3. The van der Waals surface area contributed by atoms with Crippen LogP contribution in [0.25, 0.3) is 0 Å². The quantitative estimate of drug-likeness (QED) is 0.741. The summed E-state index contributed by atoms with van der Waals surface area (Å²) in [7, 11) is 0. The molecule has 1 saturated heterocycles. The first-order valence-corrected chi connectivity index (χ1v) is 5.83. The van der Waals surface area contributed by atoms with Crippen LogP contribution in [-0.2, 0) is 9.59 Å². The molecule has 0 spiro atoms. The Morgan fingerprint density at radius 2 is 1.78 bits per heavy atom. The number of nitrogens with one attached hydrogen (secondary N) is 1. The lowest BCUT2D eigenvalue weighted by Gasteiger charge is -2.32. The van der Waals surface area contributed by atoms with E-state index in [-0.39, 0.29) is 5.92 Å². The van der Waals surface area contributed by atoms with E-state index in [0.717, 1.165) is 5.56 Å². The van der Waals surface area contributed by atoms with Gasteiger partial charge in [-0.05, 0) is 17.9 Å². The van der Waals surface area contributed by atoms with Crippen molar-refractivity contribution in [1.29, 1.82) is 0 Å². The number of rotatable bonds is 3. The molecule has 1 aromatic carbocycles. The summed E-state index contributed by atoms with van der Waals surface area (Å²) in [6.07, 6.45) is 0.351. The average Bonchev–Trinajstić information content (AvgIpc) is 2.39. The lowest BCUT2D eigenvalue weighted by Crippen LogP contribution is -2.51. The maximum absolute atomic E-state index is 11.1. The molecule has 0 amide bonds. The molecule has 1 aromatic rings. The van der Waals surface area contributed by atoms with E-state index in [4.69, 9.17) is 10.2 Å². The molecule has 5 nitrogen and oxygen atoms in total. The number of aliphatic carboxylic acids is 2. The number of carbonyl (C=O) groups is 2. The van der Waals surface area contributed by atoms with Gasteiger partial charge < -0.3 is 15.5 Å². The van der Waals surface area contributed by atoms with E-state index in [0.29, 0.717) is 13.0 Å². The van der Waals surface area contributed by atoms with Crippen molar-refractivity contribution in [2.75, 3.05) is 6.54 Å². The average molecular weight is 249 g/mol. The summed E-state index contributed by atoms with van der Waals surface area (Å²) in [6, 6.07) is 8.57. The SMILES string of the molecule is O=C(O)C1C[C@H](c2ccccc2)CNC1C(=O)O. The highest BCUT2D eigenvalue weighted by Crippen LogP contribution is 2.29. The zero-order valence-corrected chi connectivity index (χ0v) is 9.74. The van der Waals surface area contributed by atoms with E-state index < -0.39 is 23.9 Å². The molecule has 1 fully saturated rings. The van der Waals surface area contributed by atoms with Crippen LogP contribution in [0.3, 0.4) is 0 Å². The van der Waals surface area contributed by atoms with Gasteiger partial charge in [-0.25, -0.2) is 0 Å². The fraction of sp³-hybridized carbons (Fsp3) is 0.385. The van der Waals surface area contributed by atoms with Gasteiger partial charge in [-0.1, -0.05) is 30.3 Å². The van der Waals surface area contributed by atoms with Gasteiger partial charge in [-0.3, -0.25) is 9.59 Å². The number of hydrogen-bond donors (Lipinski definition) is 3. The summed E-state index contributed by atoms with van der Waals surface area (Å²) >= 11 is 0. The van der Waals surface area contributed by atoms with Crippen molar-refractivity contribution in [1.82, 2.24) is 5.32 Å². The molecule has 2 rings (SSSR count). The van der Waals surface area contributed by atoms with Gasteiger partial charge in [0.05, 0.1) is 5.92 Å². The predicted octanol–water partition coefficient (Wildman–Crippen LogP) is 0.917. The van der Waals surface area contributed by atoms with E-state index in [1.54, 1.807) is 0 Å². The van der Waals surface area contributed by atoms with E-state index in [2.05, 4.69) is 5.32 Å². The maximum atomic E-state index is 11.1. The molecule has 2 unspecified atom stereocenters. The molecule has 5 heteroatoms. The van der Waals surface area contributed by atoms with Crippen LogP contribution in [0, 0.1) is 5.92 Å². The summed E-state index contributed by atoms with van der Waals surface area (Å²) in [5.74, 6) is -3.01. The molecule has 18 heavy (non-hydrogen) atoms. The van der Waals surface area contributed by atoms with Gasteiger partial charge in [0.1, 0.15) is 6.04 Å². The second-order valence-electron chi connectivity index (χ2n) is 4.51. The second kappa shape index (κ2) is 5.18. The van der Waals surface area contributed by atoms with E-state index in [1.165, 1.54) is 0 Å². The molecule has 0 aromatic heterocycles. The normalized spacial score (nSPS) is 27.7. The van der Waals surface area contributed by atoms with Gasteiger partial charge in [-0.2, -0.15) is 0 Å². The van der Waals surface area contributed by atoms with Crippen LogP contribution in [0.5, 0.6) is 0 Å². The molecule has 1 aliphatic heterocycles. The lowest BCUT2D eigenvalue weighted by molar-refractivity contribution is -0.152. The third kappa shape index (κ3) is 2.51. The minimum Gasteiger partial charge on any atom is -0.481 e. The fourth-order valence-electron chi connectivity index (χ4n) is 2.42. The van der Waals surface area contributed by atoms with E-state index in [1.807, 2.05) is 30.3 Å². The Kier molecular flexibility index (Phi) is 3.62. The summed E-state index contributed by atoms with van der Waals surface area (Å²) in [6.45, 7) is 0.491. The summed E-state index contributed by atoms with van der Waals surface area (Å²) in [5, 5.41) is 20.9. The van der Waals surface area contributed by atoms with Crippen molar-refractivity contribution in [3.05, 3.63) is 35.9 Å². The Bertz CT molecular complexity index is 446. The van der Waals surface area contributed by atoms with Gasteiger partial charge in [-0.15, -0.1) is 0 Å². The minimum absolute atomic E-state index is 0.0444. The zero-order chi connectivity index (χ0) is 13.1. The standard InChI is InChI=1S/C13H15NO4/c15-12(16)10-6-9(7-14-11(10)13(17)18)8-4-2-1-3-5-8/h1-5,9-11,14H,6-7H2,(H,15,16)(H,17,18)/t9-,10?,11?/m0/s1. The Morgan fingerprint density at radius 3 is 2.33 bits per heavy atom. The highest BCUT2D eigenvalue weighted by atomic mass is 16.4. The Balaban J connectivity index is 2.16. The summed E-state index contributed by atoms with van der Waals surface area (Å²) in [5.41, 5.74) is 1.04. The number of benzene rings is 1. The Hall–Kier alpha value is -1.88. The Morgan fingerprint density at radius 1 is 1.11 bits per heavy atom. The molecule has 96 valence electrons. The first-order chi connectivity index (χ1) is 8.59. The third-order valence-corrected chi connectivity index (χ3v) is 3.38. The first kappa shape index (κ1) is 12.6. The number of carboxylic acids is 2.